The first-order chi connectivity index (χ1) is 6.74. The van der Waals surface area contributed by atoms with E-state index in [1.807, 2.05) is 25.1 Å². The summed E-state index contributed by atoms with van der Waals surface area (Å²) >= 11 is 0. The summed E-state index contributed by atoms with van der Waals surface area (Å²) in [6.45, 7) is 5.15. The Morgan fingerprint density at radius 1 is 1.64 bits per heavy atom. The largest absolute Gasteiger partial charge is 0.250 e. The molecule has 1 unspecified atom stereocenters. The van der Waals surface area contributed by atoms with E-state index in [4.69, 9.17) is 6.42 Å². The second-order valence-corrected chi connectivity index (χ2v) is 3.21. The van der Waals surface area contributed by atoms with Gasteiger partial charge in [0.25, 0.3) is 0 Å². The SMILES string of the molecule is C#Cc1cccc(C(C)CF)c1C=C. The van der Waals surface area contributed by atoms with Gasteiger partial charge in [-0.15, -0.1) is 6.42 Å². The molecule has 0 saturated heterocycles. The summed E-state index contributed by atoms with van der Waals surface area (Å²) in [6, 6.07) is 5.58. The van der Waals surface area contributed by atoms with Gasteiger partial charge < -0.3 is 0 Å². The van der Waals surface area contributed by atoms with Gasteiger partial charge in [0.15, 0.2) is 0 Å². The van der Waals surface area contributed by atoms with Crippen molar-refractivity contribution in [2.75, 3.05) is 6.67 Å². The van der Waals surface area contributed by atoms with Crippen LogP contribution in [0.15, 0.2) is 24.8 Å². The molecule has 0 aliphatic rings. The summed E-state index contributed by atoms with van der Waals surface area (Å²) in [7, 11) is 0. The number of terminal acetylenes is 1. The van der Waals surface area contributed by atoms with Crippen LogP contribution in [-0.4, -0.2) is 6.67 Å². The third-order valence-corrected chi connectivity index (χ3v) is 2.26. The molecule has 0 fully saturated rings. The average Bonchev–Trinajstić information content (AvgIpc) is 2.26. The highest BCUT2D eigenvalue weighted by molar-refractivity contribution is 5.61. The quantitative estimate of drug-likeness (QED) is 0.638. The third kappa shape index (κ3) is 1.85. The zero-order valence-electron chi connectivity index (χ0n) is 8.26. The van der Waals surface area contributed by atoms with E-state index in [1.54, 1.807) is 6.08 Å². The standard InChI is InChI=1S/C13H13F/c1-4-11-7-6-8-13(10(3)9-14)12(11)5-2/h1,5-8,10H,2,9H2,3H3. The van der Waals surface area contributed by atoms with Crippen molar-refractivity contribution in [3.05, 3.63) is 41.5 Å². The first-order valence-corrected chi connectivity index (χ1v) is 4.52. The molecule has 1 atom stereocenters. The van der Waals surface area contributed by atoms with Crippen molar-refractivity contribution in [1.82, 2.24) is 0 Å². The van der Waals surface area contributed by atoms with Crippen LogP contribution >= 0.6 is 0 Å². The fraction of sp³-hybridized carbons (Fsp3) is 0.231. The van der Waals surface area contributed by atoms with Crippen LogP contribution < -0.4 is 0 Å². The molecule has 0 radical (unpaired) electrons. The number of alkyl halides is 1. The van der Waals surface area contributed by atoms with Crippen molar-refractivity contribution >= 4 is 6.08 Å². The van der Waals surface area contributed by atoms with Gasteiger partial charge in [0, 0.05) is 11.5 Å². The molecule has 0 aliphatic heterocycles. The molecule has 1 aromatic carbocycles. The van der Waals surface area contributed by atoms with E-state index in [-0.39, 0.29) is 12.6 Å². The topological polar surface area (TPSA) is 0 Å². The highest BCUT2D eigenvalue weighted by atomic mass is 19.1. The van der Waals surface area contributed by atoms with Crippen molar-refractivity contribution < 1.29 is 4.39 Å². The molecule has 0 bridgehead atoms. The lowest BCUT2D eigenvalue weighted by molar-refractivity contribution is 0.447. The maximum Gasteiger partial charge on any atom is 0.0960 e. The van der Waals surface area contributed by atoms with Gasteiger partial charge in [0.1, 0.15) is 0 Å². The van der Waals surface area contributed by atoms with Crippen molar-refractivity contribution in [2.24, 2.45) is 0 Å². The smallest absolute Gasteiger partial charge is 0.0960 e. The fourth-order valence-corrected chi connectivity index (χ4v) is 1.45. The normalized spacial score (nSPS) is 11.8. The summed E-state index contributed by atoms with van der Waals surface area (Å²) in [4.78, 5) is 0. The second kappa shape index (κ2) is 4.62. The van der Waals surface area contributed by atoms with E-state index in [2.05, 4.69) is 12.5 Å². The van der Waals surface area contributed by atoms with Crippen molar-refractivity contribution in [1.29, 1.82) is 0 Å². The van der Waals surface area contributed by atoms with Crippen LogP contribution in [0.2, 0.25) is 0 Å². The molecule has 0 saturated carbocycles. The molecule has 0 amide bonds. The maximum atomic E-state index is 12.5. The van der Waals surface area contributed by atoms with Crippen LogP contribution in [0.4, 0.5) is 4.39 Å². The zero-order chi connectivity index (χ0) is 10.6. The van der Waals surface area contributed by atoms with Gasteiger partial charge in [-0.05, 0) is 17.2 Å². The summed E-state index contributed by atoms with van der Waals surface area (Å²) in [5.74, 6) is 2.44. The molecular weight excluding hydrogens is 175 g/mol. The molecule has 72 valence electrons. The highest BCUT2D eigenvalue weighted by Gasteiger charge is 2.10. The summed E-state index contributed by atoms with van der Waals surface area (Å²) in [5, 5.41) is 0. The molecule has 0 nitrogen and oxygen atoms in total. The predicted octanol–water partition coefficient (Wildman–Crippen LogP) is 3.38. The number of hydrogen-bond donors (Lipinski definition) is 0. The van der Waals surface area contributed by atoms with E-state index in [0.717, 1.165) is 16.7 Å². The van der Waals surface area contributed by atoms with E-state index >= 15 is 0 Å². The Morgan fingerprint density at radius 2 is 2.36 bits per heavy atom. The van der Waals surface area contributed by atoms with Gasteiger partial charge in [-0.3, -0.25) is 4.39 Å². The first kappa shape index (κ1) is 10.5. The molecule has 1 aromatic rings. The minimum Gasteiger partial charge on any atom is -0.250 e. The Bertz CT molecular complexity index is 371. The summed E-state index contributed by atoms with van der Waals surface area (Å²) < 4.78 is 12.5. The summed E-state index contributed by atoms with van der Waals surface area (Å²) in [6.07, 6.45) is 7.04. The molecule has 1 heteroatoms. The first-order valence-electron chi connectivity index (χ1n) is 4.52. The fourth-order valence-electron chi connectivity index (χ4n) is 1.45. The minimum atomic E-state index is -0.380. The zero-order valence-corrected chi connectivity index (χ0v) is 8.26. The Balaban J connectivity index is 3.30. The van der Waals surface area contributed by atoms with Crippen LogP contribution in [0.1, 0.15) is 29.5 Å². The lowest BCUT2D eigenvalue weighted by Crippen LogP contribution is -2.00. The molecule has 14 heavy (non-hydrogen) atoms. The lowest BCUT2D eigenvalue weighted by Gasteiger charge is -2.12. The highest BCUT2D eigenvalue weighted by Crippen LogP contribution is 2.23. The van der Waals surface area contributed by atoms with Crippen LogP contribution in [0.3, 0.4) is 0 Å². The van der Waals surface area contributed by atoms with E-state index in [9.17, 15) is 4.39 Å². The number of hydrogen-bond acceptors (Lipinski definition) is 0. The van der Waals surface area contributed by atoms with Gasteiger partial charge in [0.2, 0.25) is 0 Å². The molecule has 0 aromatic heterocycles. The molecule has 0 N–H and O–H groups in total. The second-order valence-electron chi connectivity index (χ2n) is 3.21. The van der Waals surface area contributed by atoms with Gasteiger partial charge >= 0.3 is 0 Å². The van der Waals surface area contributed by atoms with Crippen molar-refractivity contribution in [3.63, 3.8) is 0 Å². The van der Waals surface area contributed by atoms with E-state index < -0.39 is 0 Å². The van der Waals surface area contributed by atoms with Crippen molar-refractivity contribution in [3.8, 4) is 12.3 Å². The number of rotatable bonds is 3. The van der Waals surface area contributed by atoms with E-state index in [0.29, 0.717) is 0 Å². The number of halogens is 1. The Hall–Kier alpha value is -1.55. The minimum absolute atomic E-state index is 0.128. The van der Waals surface area contributed by atoms with Gasteiger partial charge in [0.05, 0.1) is 6.67 Å². The van der Waals surface area contributed by atoms with Gasteiger partial charge in [-0.2, -0.15) is 0 Å². The average molecular weight is 188 g/mol. The molecular formula is C13H13F. The molecule has 0 aliphatic carbocycles. The lowest BCUT2D eigenvalue weighted by atomic mass is 9.93. The maximum absolute atomic E-state index is 12.5. The van der Waals surface area contributed by atoms with Crippen LogP contribution in [0.5, 0.6) is 0 Å². The summed E-state index contributed by atoms with van der Waals surface area (Å²) in [5.41, 5.74) is 2.58. The number of benzene rings is 1. The Kier molecular flexibility index (Phi) is 3.48. The molecule has 1 rings (SSSR count). The monoisotopic (exact) mass is 188 g/mol. The van der Waals surface area contributed by atoms with Crippen LogP contribution in [-0.2, 0) is 0 Å². The van der Waals surface area contributed by atoms with Crippen LogP contribution in [0, 0.1) is 12.3 Å². The predicted molar refractivity (Wildman–Crippen MR) is 58.9 cm³/mol. The molecule has 0 spiro atoms. The van der Waals surface area contributed by atoms with Crippen LogP contribution in [0.25, 0.3) is 6.08 Å². The molecule has 0 heterocycles. The Morgan fingerprint density at radius 3 is 2.86 bits per heavy atom. The third-order valence-electron chi connectivity index (χ3n) is 2.26. The van der Waals surface area contributed by atoms with E-state index in [1.165, 1.54) is 0 Å². The van der Waals surface area contributed by atoms with Crippen molar-refractivity contribution in [2.45, 2.75) is 12.8 Å². The Labute approximate surface area is 84.5 Å². The van der Waals surface area contributed by atoms with Gasteiger partial charge in [-0.25, -0.2) is 0 Å². The van der Waals surface area contributed by atoms with Gasteiger partial charge in [-0.1, -0.05) is 37.6 Å².